The predicted molar refractivity (Wildman–Crippen MR) is 111 cm³/mol. The molecule has 1 saturated carbocycles. The topological polar surface area (TPSA) is 96.5 Å². The van der Waals surface area contributed by atoms with Gasteiger partial charge in [0.15, 0.2) is 6.10 Å². The van der Waals surface area contributed by atoms with E-state index >= 15 is 0 Å². The fraction of sp³-hybridized carbons (Fsp3) is 0.591. The van der Waals surface area contributed by atoms with Crippen molar-refractivity contribution in [3.05, 3.63) is 35.4 Å². The van der Waals surface area contributed by atoms with Crippen LogP contribution in [-0.2, 0) is 16.1 Å². The van der Waals surface area contributed by atoms with Crippen LogP contribution in [0.4, 0.5) is 4.79 Å². The zero-order valence-corrected chi connectivity index (χ0v) is 17.8. The number of urea groups is 1. The van der Waals surface area contributed by atoms with Crippen molar-refractivity contribution in [3.8, 4) is 0 Å². The molecule has 0 radical (unpaired) electrons. The first-order valence-corrected chi connectivity index (χ1v) is 10.4. The Morgan fingerprint density at radius 1 is 1.07 bits per heavy atom. The Bertz CT molecular complexity index is 703. The van der Waals surface area contributed by atoms with Gasteiger partial charge in [0.05, 0.1) is 5.56 Å². The van der Waals surface area contributed by atoms with Gasteiger partial charge in [-0.15, -0.1) is 0 Å². The Labute approximate surface area is 173 Å². The van der Waals surface area contributed by atoms with E-state index in [0.717, 1.165) is 24.8 Å². The Morgan fingerprint density at radius 3 is 2.34 bits per heavy atom. The molecule has 1 aliphatic carbocycles. The van der Waals surface area contributed by atoms with Gasteiger partial charge in [-0.1, -0.05) is 31.9 Å². The summed E-state index contributed by atoms with van der Waals surface area (Å²) in [6, 6.07) is 6.74. The molecule has 1 fully saturated rings. The van der Waals surface area contributed by atoms with Gasteiger partial charge in [-0.25, -0.2) is 9.59 Å². The second kappa shape index (κ2) is 10.8. The third kappa shape index (κ3) is 7.40. The lowest BCUT2D eigenvalue weighted by molar-refractivity contribution is -0.130. The summed E-state index contributed by atoms with van der Waals surface area (Å²) in [5.74, 6) is -0.352. The number of carbonyl (C=O) groups excluding carboxylic acids is 3. The van der Waals surface area contributed by atoms with E-state index in [4.69, 9.17) is 4.74 Å². The molecule has 3 unspecified atom stereocenters. The third-order valence-electron chi connectivity index (χ3n) is 5.15. The quantitative estimate of drug-likeness (QED) is 0.610. The van der Waals surface area contributed by atoms with Gasteiger partial charge < -0.3 is 20.7 Å². The van der Waals surface area contributed by atoms with Gasteiger partial charge >= 0.3 is 12.0 Å². The first-order chi connectivity index (χ1) is 13.8. The molecule has 7 nitrogen and oxygen atoms in total. The molecule has 1 aromatic carbocycles. The van der Waals surface area contributed by atoms with E-state index in [1.165, 1.54) is 6.42 Å². The number of carbonyl (C=O) groups is 3. The van der Waals surface area contributed by atoms with Crippen molar-refractivity contribution in [2.24, 2.45) is 5.92 Å². The standard InChI is InChI=1S/C22H33N3O4/c1-14(2)24-22(28)23-13-17-9-11-18(12-10-17)21(27)29-16(4)20(26)25-19-8-6-5-7-15(19)3/h9-12,14-16,19H,5-8,13H2,1-4H3,(H,25,26)(H2,23,24,28). The lowest BCUT2D eigenvalue weighted by atomic mass is 9.86. The number of amides is 3. The normalized spacial score (nSPS) is 19.9. The minimum absolute atomic E-state index is 0.0626. The van der Waals surface area contributed by atoms with Crippen LogP contribution in [0.15, 0.2) is 24.3 Å². The largest absolute Gasteiger partial charge is 0.449 e. The number of esters is 1. The highest BCUT2D eigenvalue weighted by molar-refractivity contribution is 5.92. The second-order valence-electron chi connectivity index (χ2n) is 8.10. The SMILES string of the molecule is CC(C)NC(=O)NCc1ccc(C(=O)OC(C)C(=O)NC2CCCCC2C)cc1. The molecule has 29 heavy (non-hydrogen) atoms. The first kappa shape index (κ1) is 22.7. The summed E-state index contributed by atoms with van der Waals surface area (Å²) in [6.07, 6.45) is 3.55. The number of hydrogen-bond donors (Lipinski definition) is 3. The molecule has 0 spiro atoms. The molecule has 1 aromatic rings. The maximum absolute atomic E-state index is 12.4. The van der Waals surface area contributed by atoms with E-state index in [9.17, 15) is 14.4 Å². The minimum Gasteiger partial charge on any atom is -0.449 e. The highest BCUT2D eigenvalue weighted by Crippen LogP contribution is 2.23. The van der Waals surface area contributed by atoms with Crippen molar-refractivity contribution in [1.82, 2.24) is 16.0 Å². The van der Waals surface area contributed by atoms with E-state index in [1.807, 2.05) is 13.8 Å². The molecule has 3 amide bonds. The number of rotatable bonds is 7. The van der Waals surface area contributed by atoms with Crippen molar-refractivity contribution in [2.45, 2.75) is 78.1 Å². The Balaban J connectivity index is 1.81. The maximum Gasteiger partial charge on any atom is 0.338 e. The van der Waals surface area contributed by atoms with Gasteiger partial charge in [0.2, 0.25) is 0 Å². The van der Waals surface area contributed by atoms with E-state index in [0.29, 0.717) is 18.0 Å². The number of ether oxygens (including phenoxy) is 1. The highest BCUT2D eigenvalue weighted by atomic mass is 16.5. The Morgan fingerprint density at radius 2 is 1.72 bits per heavy atom. The summed E-state index contributed by atoms with van der Waals surface area (Å²) in [4.78, 5) is 36.3. The minimum atomic E-state index is -0.849. The van der Waals surface area contributed by atoms with Gasteiger partial charge in [0.25, 0.3) is 5.91 Å². The Hall–Kier alpha value is -2.57. The van der Waals surface area contributed by atoms with E-state index in [2.05, 4.69) is 22.9 Å². The lowest BCUT2D eigenvalue weighted by Gasteiger charge is -2.30. The van der Waals surface area contributed by atoms with Crippen LogP contribution in [0.5, 0.6) is 0 Å². The molecular formula is C22H33N3O4. The fourth-order valence-electron chi connectivity index (χ4n) is 3.37. The molecule has 2 rings (SSSR count). The summed E-state index contributed by atoms with van der Waals surface area (Å²) >= 11 is 0. The van der Waals surface area contributed by atoms with E-state index in [1.54, 1.807) is 31.2 Å². The van der Waals surface area contributed by atoms with Crippen LogP contribution in [0.2, 0.25) is 0 Å². The molecule has 0 aromatic heterocycles. The van der Waals surface area contributed by atoms with Gasteiger partial charge in [-0.05, 0) is 57.2 Å². The third-order valence-corrected chi connectivity index (χ3v) is 5.15. The molecule has 0 aliphatic heterocycles. The van der Waals surface area contributed by atoms with Crippen LogP contribution in [0, 0.1) is 5.92 Å². The zero-order chi connectivity index (χ0) is 21.4. The highest BCUT2D eigenvalue weighted by Gasteiger charge is 2.26. The van der Waals surface area contributed by atoms with Gasteiger partial charge in [-0.3, -0.25) is 4.79 Å². The fourth-order valence-corrected chi connectivity index (χ4v) is 3.37. The monoisotopic (exact) mass is 403 g/mol. The second-order valence-corrected chi connectivity index (χ2v) is 8.10. The van der Waals surface area contributed by atoms with Crippen LogP contribution in [-0.4, -0.2) is 36.1 Å². The molecular weight excluding hydrogens is 370 g/mol. The molecule has 0 heterocycles. The number of nitrogens with one attached hydrogen (secondary N) is 3. The molecule has 0 saturated heterocycles. The molecule has 3 N–H and O–H groups in total. The molecule has 1 aliphatic rings. The van der Waals surface area contributed by atoms with Gasteiger partial charge in [0, 0.05) is 18.6 Å². The predicted octanol–water partition coefficient (Wildman–Crippen LogP) is 3.13. The molecule has 160 valence electrons. The zero-order valence-electron chi connectivity index (χ0n) is 17.8. The number of benzene rings is 1. The van der Waals surface area contributed by atoms with Crippen LogP contribution in [0.25, 0.3) is 0 Å². The summed E-state index contributed by atoms with van der Waals surface area (Å²) in [5, 5.41) is 8.51. The Kier molecular flexibility index (Phi) is 8.49. The van der Waals surface area contributed by atoms with Crippen LogP contribution in [0.3, 0.4) is 0 Å². The summed E-state index contributed by atoms with van der Waals surface area (Å²) in [6.45, 7) is 7.86. The van der Waals surface area contributed by atoms with Crippen molar-refractivity contribution in [1.29, 1.82) is 0 Å². The van der Waals surface area contributed by atoms with Crippen molar-refractivity contribution in [2.75, 3.05) is 0 Å². The molecule has 0 bridgehead atoms. The van der Waals surface area contributed by atoms with E-state index < -0.39 is 12.1 Å². The molecule has 7 heteroatoms. The summed E-state index contributed by atoms with van der Waals surface area (Å²) in [5.41, 5.74) is 1.23. The van der Waals surface area contributed by atoms with Crippen LogP contribution in [0.1, 0.15) is 69.3 Å². The summed E-state index contributed by atoms with van der Waals surface area (Å²) < 4.78 is 5.33. The van der Waals surface area contributed by atoms with Crippen molar-refractivity contribution < 1.29 is 19.1 Å². The smallest absolute Gasteiger partial charge is 0.338 e. The average Bonchev–Trinajstić information content (AvgIpc) is 2.68. The van der Waals surface area contributed by atoms with Gasteiger partial charge in [0.1, 0.15) is 0 Å². The lowest BCUT2D eigenvalue weighted by Crippen LogP contribution is -2.45. The summed E-state index contributed by atoms with van der Waals surface area (Å²) in [7, 11) is 0. The molecule has 3 atom stereocenters. The maximum atomic E-state index is 12.4. The van der Waals surface area contributed by atoms with Crippen LogP contribution < -0.4 is 16.0 Å². The van der Waals surface area contributed by atoms with Crippen molar-refractivity contribution in [3.63, 3.8) is 0 Å². The van der Waals surface area contributed by atoms with Crippen LogP contribution >= 0.6 is 0 Å². The number of hydrogen-bond acceptors (Lipinski definition) is 4. The first-order valence-electron chi connectivity index (χ1n) is 10.4. The van der Waals surface area contributed by atoms with Gasteiger partial charge in [-0.2, -0.15) is 0 Å². The average molecular weight is 404 g/mol. The van der Waals surface area contributed by atoms with E-state index in [-0.39, 0.29) is 24.0 Å². The van der Waals surface area contributed by atoms with Crippen molar-refractivity contribution >= 4 is 17.9 Å².